The van der Waals surface area contributed by atoms with Crippen molar-refractivity contribution in [1.29, 1.82) is 0 Å². The summed E-state index contributed by atoms with van der Waals surface area (Å²) in [6.45, 7) is 6.33. The molecule has 15 heteroatoms. The molecule has 338 valence electrons. The lowest BCUT2D eigenvalue weighted by Gasteiger charge is -2.44. The van der Waals surface area contributed by atoms with E-state index in [1.807, 2.05) is 78.9 Å². The number of phenolic OH excluding ortho intramolecular Hbond substituents is 1. The van der Waals surface area contributed by atoms with Crippen molar-refractivity contribution in [3.8, 4) is 5.75 Å². The molecule has 8 rings (SSSR count). The molecule has 2 amide bonds. The van der Waals surface area contributed by atoms with E-state index in [0.29, 0.717) is 51.7 Å². The second-order valence-corrected chi connectivity index (χ2v) is 22.4. The third-order valence-corrected chi connectivity index (χ3v) is 18.0. The Labute approximate surface area is 378 Å². The third-order valence-electron chi connectivity index (χ3n) is 12.7. The molecule has 2 fully saturated rings. The Hall–Kier alpha value is -5.54. The molecule has 3 aliphatic rings. The van der Waals surface area contributed by atoms with Crippen LogP contribution in [-0.4, -0.2) is 49.5 Å². The maximum Gasteiger partial charge on any atom is 0.416 e. The summed E-state index contributed by atoms with van der Waals surface area (Å²) in [6, 6.07) is 30.7. The van der Waals surface area contributed by atoms with Gasteiger partial charge in [0.25, 0.3) is 8.32 Å². The number of carbonyl (C=O) groups excluding carboxylic acids is 2. The molecule has 0 unspecified atom stereocenters. The van der Waals surface area contributed by atoms with Gasteiger partial charge in [0.05, 0.1) is 58.7 Å². The molecule has 4 atom stereocenters. The van der Waals surface area contributed by atoms with Gasteiger partial charge in [-0.25, -0.2) is 4.90 Å². The number of imide groups is 1. The second-order valence-electron chi connectivity index (χ2n) is 17.7. The molecule has 1 aromatic heterocycles. The van der Waals surface area contributed by atoms with E-state index in [1.165, 1.54) is 12.1 Å². The number of rotatable bonds is 11. The lowest BCUT2D eigenvalue weighted by atomic mass is 9.69. The number of pyridine rings is 1. The molecule has 1 aliphatic carbocycles. The van der Waals surface area contributed by atoms with Gasteiger partial charge in [-0.15, -0.1) is 0 Å². The van der Waals surface area contributed by atoms with Gasteiger partial charge in [0.15, 0.2) is 0 Å². The normalized spacial score (nSPS) is 20.6. The molecule has 3 heterocycles. The van der Waals surface area contributed by atoms with Crippen LogP contribution in [0.4, 0.5) is 32.0 Å². The first-order valence-electron chi connectivity index (χ1n) is 21.1. The van der Waals surface area contributed by atoms with Gasteiger partial charge >= 0.3 is 12.4 Å². The van der Waals surface area contributed by atoms with Crippen molar-refractivity contribution in [3.63, 3.8) is 0 Å². The highest BCUT2D eigenvalue weighted by atomic mass is 35.5. The Morgan fingerprint density at radius 2 is 1.45 bits per heavy atom. The van der Waals surface area contributed by atoms with Gasteiger partial charge in [-0.1, -0.05) is 99.1 Å². The first kappa shape index (κ1) is 46.0. The highest BCUT2D eigenvalue weighted by Crippen LogP contribution is 2.52. The minimum Gasteiger partial charge on any atom is -0.508 e. The Morgan fingerprint density at radius 1 is 0.831 bits per heavy atom. The maximum absolute atomic E-state index is 14.5. The lowest BCUT2D eigenvalue weighted by Crippen LogP contribution is -2.66. The van der Waals surface area contributed by atoms with Gasteiger partial charge in [-0.2, -0.15) is 26.3 Å². The van der Waals surface area contributed by atoms with Gasteiger partial charge in [-0.3, -0.25) is 14.6 Å². The average molecular weight is 931 g/mol. The number of allylic oxidation sites excluding steroid dienone is 1. The smallest absolute Gasteiger partial charge is 0.416 e. The summed E-state index contributed by atoms with van der Waals surface area (Å²) in [5.41, 5.74) is -0.561. The predicted octanol–water partition coefficient (Wildman–Crippen LogP) is 10.9. The van der Waals surface area contributed by atoms with Crippen molar-refractivity contribution in [2.75, 3.05) is 18.1 Å². The van der Waals surface area contributed by atoms with Crippen molar-refractivity contribution < 1.29 is 50.2 Å². The van der Waals surface area contributed by atoms with Crippen molar-refractivity contribution in [1.82, 2.24) is 4.98 Å². The summed E-state index contributed by atoms with van der Waals surface area (Å²) in [5, 5.41) is 11.9. The average Bonchev–Trinajstić information content (AvgIpc) is 3.80. The van der Waals surface area contributed by atoms with Crippen molar-refractivity contribution in [3.05, 3.63) is 160 Å². The zero-order chi connectivity index (χ0) is 46.5. The van der Waals surface area contributed by atoms with Crippen LogP contribution in [0.5, 0.6) is 5.75 Å². The minimum atomic E-state index is -5.20. The number of fused-ring (bicyclic) bond motifs is 3. The molecule has 7 nitrogen and oxygen atoms in total. The monoisotopic (exact) mass is 930 g/mol. The van der Waals surface area contributed by atoms with E-state index in [0.717, 1.165) is 21.5 Å². The minimum absolute atomic E-state index is 0.000326. The number of nitrogens with zero attached hydrogens (tertiary/aromatic N) is 2. The molecular formula is C50H45ClF6N2O5Si. The Balaban J connectivity index is 1.22. The first-order valence-corrected chi connectivity index (χ1v) is 23.4. The van der Waals surface area contributed by atoms with E-state index < -0.39 is 78.2 Å². The summed E-state index contributed by atoms with van der Waals surface area (Å²) in [5.74, 6) is -4.74. The molecule has 4 aromatic carbocycles. The summed E-state index contributed by atoms with van der Waals surface area (Å²) in [6.07, 6.45) is -6.78. The highest BCUT2D eigenvalue weighted by Gasteiger charge is 2.58. The molecule has 0 spiro atoms. The summed E-state index contributed by atoms with van der Waals surface area (Å²) in [4.78, 5) is 34.1. The van der Waals surface area contributed by atoms with Gasteiger partial charge < -0.3 is 14.3 Å². The van der Waals surface area contributed by atoms with Crippen LogP contribution < -0.4 is 15.3 Å². The number of halogens is 7. The Bertz CT molecular complexity index is 2580. The van der Waals surface area contributed by atoms with Gasteiger partial charge in [-0.05, 0) is 112 Å². The van der Waals surface area contributed by atoms with Crippen LogP contribution in [-0.2, 0) is 31.1 Å². The number of alkyl halides is 6. The largest absolute Gasteiger partial charge is 0.508 e. The zero-order valence-electron chi connectivity index (χ0n) is 35.6. The molecule has 0 radical (unpaired) electrons. The fraction of sp³-hybridized carbons (Fsp3) is 0.300. The highest BCUT2D eigenvalue weighted by molar-refractivity contribution is 6.99. The van der Waals surface area contributed by atoms with E-state index in [4.69, 9.17) is 20.8 Å². The quantitative estimate of drug-likeness (QED) is 0.0614. The topological polar surface area (TPSA) is 89.0 Å². The van der Waals surface area contributed by atoms with Crippen LogP contribution in [0.2, 0.25) is 10.1 Å². The van der Waals surface area contributed by atoms with E-state index in [2.05, 4.69) is 25.8 Å². The molecule has 5 aromatic rings. The number of amides is 2. The molecule has 2 aliphatic heterocycles. The number of hydrogen-bond donors (Lipinski definition) is 1. The van der Waals surface area contributed by atoms with Gasteiger partial charge in [0.2, 0.25) is 11.8 Å². The van der Waals surface area contributed by atoms with Crippen LogP contribution in [0.25, 0.3) is 11.6 Å². The van der Waals surface area contributed by atoms with E-state index >= 15 is 0 Å². The number of carbonyl (C=O) groups is 2. The van der Waals surface area contributed by atoms with E-state index in [9.17, 15) is 41.0 Å². The van der Waals surface area contributed by atoms with Crippen molar-refractivity contribution in [2.45, 2.75) is 63.5 Å². The standard InChI is InChI=1S/C50H45ClF6N2O5Si/c1-48(2,3)65(37-12-6-4-7-13-37,38-14-8-5-9-15-38)64-28-32-23-39-45(47(62)59(46(39)61)35-25-33(49(52,53)54)24-34(26-35)50(55,56)57)40-29-63-43(44(32)40)20-18-31(42-16-10-11-21-58-42)22-30-17-19-36(60)27-41(30)51/h4-17,19,21-22,24-27,39-40,43,45,60H,18,20,23,28-29H2,1-3H3/b31-22-/t39-,40+,43-,45-/m1/s1. The first-order chi connectivity index (χ1) is 30.8. The number of aromatic nitrogens is 1. The zero-order valence-corrected chi connectivity index (χ0v) is 37.3. The Kier molecular flexibility index (Phi) is 12.5. The molecular weight excluding hydrogens is 886 g/mol. The van der Waals surface area contributed by atoms with Crippen LogP contribution >= 0.6 is 11.6 Å². The predicted molar refractivity (Wildman–Crippen MR) is 239 cm³/mol. The van der Waals surface area contributed by atoms with Crippen molar-refractivity contribution in [2.24, 2.45) is 17.8 Å². The number of hydrogen-bond acceptors (Lipinski definition) is 6. The van der Waals surface area contributed by atoms with Crippen LogP contribution in [0.1, 0.15) is 62.4 Å². The second kappa shape index (κ2) is 17.7. The summed E-state index contributed by atoms with van der Waals surface area (Å²) >= 11 is 6.54. The van der Waals surface area contributed by atoms with Crippen LogP contribution in [0.15, 0.2) is 133 Å². The third kappa shape index (κ3) is 8.93. The number of phenols is 1. The summed E-state index contributed by atoms with van der Waals surface area (Å²) in [7, 11) is -3.21. The number of benzene rings is 4. The molecule has 1 N–H and O–H groups in total. The Morgan fingerprint density at radius 3 is 2.00 bits per heavy atom. The molecule has 0 bridgehead atoms. The molecule has 65 heavy (non-hydrogen) atoms. The fourth-order valence-corrected chi connectivity index (χ4v) is 14.6. The number of ether oxygens (including phenoxy) is 1. The van der Waals surface area contributed by atoms with Crippen LogP contribution in [0, 0.1) is 17.8 Å². The van der Waals surface area contributed by atoms with Gasteiger partial charge in [0, 0.05) is 12.1 Å². The SMILES string of the molecule is CC(C)(C)[Si](OCC1=C2[C@@H](CC/C(=C/c3ccc(O)cc3Cl)c3ccccn3)OC[C@@H]2[C@@H]2C(=O)N(c3cc(C(F)(F)F)cc(C(F)(F)F)c3)C(=O)[C@@H]2C1)(c1ccccc1)c1ccccc1. The van der Waals surface area contributed by atoms with E-state index in [-0.39, 0.29) is 31.5 Å². The van der Waals surface area contributed by atoms with Crippen molar-refractivity contribution >= 4 is 59.4 Å². The van der Waals surface area contributed by atoms with Crippen LogP contribution in [0.3, 0.4) is 0 Å². The molecule has 0 saturated carbocycles. The number of aromatic hydroxyl groups is 1. The van der Waals surface area contributed by atoms with Gasteiger partial charge in [0.1, 0.15) is 5.75 Å². The lowest BCUT2D eigenvalue weighted by molar-refractivity contribution is -0.143. The maximum atomic E-state index is 14.5. The van der Waals surface area contributed by atoms with E-state index in [1.54, 1.807) is 18.3 Å². The fourth-order valence-electron chi connectivity index (χ4n) is 9.82. The number of anilines is 1. The molecule has 2 saturated heterocycles. The summed E-state index contributed by atoms with van der Waals surface area (Å²) < 4.78 is 98.4.